The summed E-state index contributed by atoms with van der Waals surface area (Å²) in [7, 11) is 0. The molecule has 1 aromatic rings. The molecule has 1 aliphatic rings. The van der Waals surface area contributed by atoms with Gasteiger partial charge in [0.05, 0.1) is 6.61 Å². The van der Waals surface area contributed by atoms with E-state index >= 15 is 0 Å². The lowest BCUT2D eigenvalue weighted by Crippen LogP contribution is -2.20. The lowest BCUT2D eigenvalue weighted by molar-refractivity contribution is 0.220. The second-order valence-corrected chi connectivity index (χ2v) is 5.65. The maximum absolute atomic E-state index is 9.11. The molecule has 2 N–H and O–H groups in total. The van der Waals surface area contributed by atoms with Gasteiger partial charge in [0, 0.05) is 41.9 Å². The van der Waals surface area contributed by atoms with Crippen LogP contribution in [-0.4, -0.2) is 41.4 Å². The number of rotatable bonds is 4. The van der Waals surface area contributed by atoms with E-state index < -0.39 is 0 Å². The quantitative estimate of drug-likeness (QED) is 0.807. The van der Waals surface area contributed by atoms with Gasteiger partial charge in [-0.05, 0) is 24.9 Å². The minimum Gasteiger partial charge on any atom is -0.396 e. The number of thiophene rings is 1. The van der Waals surface area contributed by atoms with Gasteiger partial charge in [-0.25, -0.2) is 0 Å². The molecule has 0 saturated carbocycles. The van der Waals surface area contributed by atoms with Crippen LogP contribution in [-0.2, 0) is 6.54 Å². The molecule has 0 radical (unpaired) electrons. The Hall–Kier alpha value is -0.860. The van der Waals surface area contributed by atoms with Gasteiger partial charge >= 0.3 is 0 Å². The van der Waals surface area contributed by atoms with E-state index in [0.717, 1.165) is 31.6 Å². The number of aliphatic hydroxyl groups excluding tert-OH is 2. The molecule has 0 bridgehead atoms. The zero-order chi connectivity index (χ0) is 12.8. The molecule has 3 nitrogen and oxygen atoms in total. The van der Waals surface area contributed by atoms with Crippen LogP contribution in [0.1, 0.15) is 23.3 Å². The fraction of sp³-hybridized carbons (Fsp3) is 0.571. The van der Waals surface area contributed by atoms with Crippen molar-refractivity contribution < 1.29 is 10.2 Å². The van der Waals surface area contributed by atoms with Crippen LogP contribution in [0, 0.1) is 17.8 Å². The molecule has 0 spiro atoms. The highest BCUT2D eigenvalue weighted by Gasteiger charge is 2.21. The summed E-state index contributed by atoms with van der Waals surface area (Å²) in [6.45, 7) is 3.47. The lowest BCUT2D eigenvalue weighted by Gasteiger charge is -2.13. The second-order valence-electron chi connectivity index (χ2n) is 4.65. The van der Waals surface area contributed by atoms with Gasteiger partial charge in [0.25, 0.3) is 0 Å². The lowest BCUT2D eigenvalue weighted by atomic mass is 10.1. The Morgan fingerprint density at radius 1 is 1.44 bits per heavy atom. The van der Waals surface area contributed by atoms with Gasteiger partial charge in [-0.15, -0.1) is 11.3 Å². The molecule has 0 amide bonds. The Morgan fingerprint density at radius 3 is 3.06 bits per heavy atom. The first-order chi connectivity index (χ1) is 8.81. The summed E-state index contributed by atoms with van der Waals surface area (Å²) in [5.41, 5.74) is 1.04. The molecule has 4 heteroatoms. The average Bonchev–Trinajstić information content (AvgIpc) is 3.00. The maximum atomic E-state index is 9.11. The van der Waals surface area contributed by atoms with Gasteiger partial charge in [0.2, 0.25) is 0 Å². The van der Waals surface area contributed by atoms with Crippen molar-refractivity contribution in [2.24, 2.45) is 5.92 Å². The summed E-state index contributed by atoms with van der Waals surface area (Å²) in [4.78, 5) is 3.71. The summed E-state index contributed by atoms with van der Waals surface area (Å²) in [6, 6.07) is 2.13. The van der Waals surface area contributed by atoms with Gasteiger partial charge in [-0.3, -0.25) is 4.90 Å². The van der Waals surface area contributed by atoms with Crippen LogP contribution < -0.4 is 0 Å². The van der Waals surface area contributed by atoms with Crippen LogP contribution in [0.5, 0.6) is 0 Å². The van der Waals surface area contributed by atoms with E-state index in [9.17, 15) is 0 Å². The topological polar surface area (TPSA) is 43.7 Å². The fourth-order valence-corrected chi connectivity index (χ4v) is 3.03. The fourth-order valence-electron chi connectivity index (χ4n) is 2.18. The predicted molar refractivity (Wildman–Crippen MR) is 73.4 cm³/mol. The molecule has 0 aromatic carbocycles. The maximum Gasteiger partial charge on any atom is 0.0540 e. The number of hydrogen-bond acceptors (Lipinski definition) is 4. The van der Waals surface area contributed by atoms with Crippen molar-refractivity contribution in [2.75, 3.05) is 26.3 Å². The summed E-state index contributed by atoms with van der Waals surface area (Å²) in [5.74, 6) is 6.44. The second kappa shape index (κ2) is 6.91. The molecular formula is C14H19NO2S. The first-order valence-corrected chi connectivity index (χ1v) is 7.20. The van der Waals surface area contributed by atoms with Crippen LogP contribution >= 0.6 is 11.3 Å². The van der Waals surface area contributed by atoms with Crippen LogP contribution in [0.4, 0.5) is 0 Å². The third-order valence-corrected chi connectivity index (χ3v) is 4.05. The van der Waals surface area contributed by atoms with E-state index in [1.807, 2.05) is 0 Å². The van der Waals surface area contributed by atoms with E-state index in [0.29, 0.717) is 18.9 Å². The molecule has 18 heavy (non-hydrogen) atoms. The first kappa shape index (κ1) is 13.6. The largest absolute Gasteiger partial charge is 0.396 e. The monoisotopic (exact) mass is 265 g/mol. The van der Waals surface area contributed by atoms with Crippen LogP contribution in [0.3, 0.4) is 0 Å². The summed E-state index contributed by atoms with van der Waals surface area (Å²) >= 11 is 1.73. The van der Waals surface area contributed by atoms with Crippen molar-refractivity contribution in [1.82, 2.24) is 4.90 Å². The molecule has 0 aliphatic carbocycles. The third kappa shape index (κ3) is 3.82. The highest BCUT2D eigenvalue weighted by molar-refractivity contribution is 7.10. The molecule has 2 rings (SSSR count). The minimum absolute atomic E-state index is 0.125. The number of aliphatic hydroxyl groups is 2. The van der Waals surface area contributed by atoms with Crippen LogP contribution in [0.2, 0.25) is 0 Å². The molecule has 98 valence electrons. The summed E-state index contributed by atoms with van der Waals surface area (Å²) in [5, 5.41) is 19.8. The van der Waals surface area contributed by atoms with Gasteiger partial charge < -0.3 is 10.2 Å². The van der Waals surface area contributed by atoms with Crippen LogP contribution in [0.25, 0.3) is 0 Å². The van der Waals surface area contributed by atoms with Crippen molar-refractivity contribution >= 4 is 11.3 Å². The molecule has 2 heterocycles. The van der Waals surface area contributed by atoms with Crippen molar-refractivity contribution in [1.29, 1.82) is 0 Å². The van der Waals surface area contributed by atoms with Crippen LogP contribution in [0.15, 0.2) is 11.4 Å². The van der Waals surface area contributed by atoms with E-state index in [4.69, 9.17) is 10.2 Å². The molecule has 1 aromatic heterocycles. The number of nitrogens with zero attached hydrogens (tertiary/aromatic N) is 1. The summed E-state index contributed by atoms with van der Waals surface area (Å²) < 4.78 is 0. The minimum atomic E-state index is 0.125. The zero-order valence-electron chi connectivity index (χ0n) is 10.4. The van der Waals surface area contributed by atoms with E-state index in [1.165, 1.54) is 4.88 Å². The predicted octanol–water partition coefficient (Wildman–Crippen LogP) is 1.30. The number of likely N-dealkylation sites (tertiary alicyclic amines) is 1. The van der Waals surface area contributed by atoms with Crippen molar-refractivity contribution in [2.45, 2.75) is 19.4 Å². The molecule has 1 atom stereocenters. The molecular weight excluding hydrogens is 246 g/mol. The highest BCUT2D eigenvalue weighted by atomic mass is 32.1. The van der Waals surface area contributed by atoms with Gasteiger partial charge in [0.15, 0.2) is 0 Å². The van der Waals surface area contributed by atoms with Crippen molar-refractivity contribution in [3.05, 3.63) is 21.9 Å². The normalized spacial score (nSPS) is 19.8. The molecule has 1 fully saturated rings. The van der Waals surface area contributed by atoms with Gasteiger partial charge in [0.1, 0.15) is 0 Å². The van der Waals surface area contributed by atoms with E-state index in [2.05, 4.69) is 28.2 Å². The standard InChI is InChI=1S/C14H19NO2S/c16-6-2-1-3-12-7-14(18-11-12)9-15-5-4-13(8-15)10-17/h7,11,13,16-17H,2,4-6,8-10H2. The van der Waals surface area contributed by atoms with Gasteiger partial charge in [-0.1, -0.05) is 11.8 Å². The van der Waals surface area contributed by atoms with Crippen molar-refractivity contribution in [3.8, 4) is 11.8 Å². The Bertz CT molecular complexity index is 432. The zero-order valence-corrected chi connectivity index (χ0v) is 11.2. The molecule has 1 saturated heterocycles. The van der Waals surface area contributed by atoms with Gasteiger partial charge in [-0.2, -0.15) is 0 Å². The summed E-state index contributed by atoms with van der Waals surface area (Å²) in [6.07, 6.45) is 1.64. The third-order valence-electron chi connectivity index (χ3n) is 3.13. The Morgan fingerprint density at radius 2 is 2.33 bits per heavy atom. The van der Waals surface area contributed by atoms with Crippen molar-refractivity contribution in [3.63, 3.8) is 0 Å². The molecule has 1 aliphatic heterocycles. The number of hydrogen-bond donors (Lipinski definition) is 2. The Balaban J connectivity index is 1.86. The molecule has 1 unspecified atom stereocenters. The highest BCUT2D eigenvalue weighted by Crippen LogP contribution is 2.21. The average molecular weight is 265 g/mol. The smallest absolute Gasteiger partial charge is 0.0540 e. The van der Waals surface area contributed by atoms with E-state index in [1.54, 1.807) is 11.3 Å². The SMILES string of the molecule is OCCC#Cc1csc(CN2CCC(CO)C2)c1. The Labute approximate surface area is 112 Å². The first-order valence-electron chi connectivity index (χ1n) is 6.32. The van der Waals surface area contributed by atoms with E-state index in [-0.39, 0.29) is 6.61 Å². The Kier molecular flexibility index (Phi) is 5.21.